The van der Waals surface area contributed by atoms with Crippen molar-refractivity contribution in [3.05, 3.63) is 0 Å². The molecular weight excluding hydrogens is 250 g/mol. The number of rotatable bonds is 14. The van der Waals surface area contributed by atoms with Crippen molar-refractivity contribution in [1.29, 1.82) is 0 Å². The van der Waals surface area contributed by atoms with Crippen molar-refractivity contribution in [1.82, 2.24) is 5.32 Å². The van der Waals surface area contributed by atoms with Crippen LogP contribution in [0.3, 0.4) is 0 Å². The molecule has 0 heterocycles. The van der Waals surface area contributed by atoms with Crippen molar-refractivity contribution >= 4 is 11.8 Å². The number of thioether (sulfide) groups is 1. The molecule has 0 aliphatic rings. The van der Waals surface area contributed by atoms with Gasteiger partial charge in [0.2, 0.25) is 0 Å². The summed E-state index contributed by atoms with van der Waals surface area (Å²) in [6.07, 6.45) is 12.6. The van der Waals surface area contributed by atoms with Gasteiger partial charge in [0.15, 0.2) is 0 Å². The molecule has 0 fully saturated rings. The Morgan fingerprint density at radius 2 is 1.47 bits per heavy atom. The Hall–Kier alpha value is 0.310. The van der Waals surface area contributed by atoms with Gasteiger partial charge in [0.05, 0.1) is 0 Å². The Bertz CT molecular complexity index is 171. The summed E-state index contributed by atoms with van der Waals surface area (Å²) < 4.78 is 0. The minimum atomic E-state index is 0.739. The first-order valence-corrected chi connectivity index (χ1v) is 9.60. The fourth-order valence-corrected chi connectivity index (χ4v) is 3.15. The van der Waals surface area contributed by atoms with E-state index in [1.165, 1.54) is 70.1 Å². The van der Waals surface area contributed by atoms with E-state index in [2.05, 4.69) is 44.8 Å². The largest absolute Gasteiger partial charge is 0.313 e. The maximum absolute atomic E-state index is 3.72. The summed E-state index contributed by atoms with van der Waals surface area (Å²) in [4.78, 5) is 0. The van der Waals surface area contributed by atoms with Crippen molar-refractivity contribution in [2.45, 2.75) is 96.8 Å². The Balaban J connectivity index is 3.55. The van der Waals surface area contributed by atoms with Gasteiger partial charge in [0.1, 0.15) is 0 Å². The third kappa shape index (κ3) is 14.5. The zero-order chi connectivity index (χ0) is 14.3. The standard InChI is InChI=1S/C17H37NS/c1-5-7-8-9-10-11-12-13-17(18-14-6-2)15-19-16(3)4/h16-18H,5-15H2,1-4H3. The lowest BCUT2D eigenvalue weighted by Gasteiger charge is -2.19. The lowest BCUT2D eigenvalue weighted by atomic mass is 10.1. The highest BCUT2D eigenvalue weighted by molar-refractivity contribution is 7.99. The van der Waals surface area contributed by atoms with Gasteiger partial charge < -0.3 is 5.32 Å². The maximum Gasteiger partial charge on any atom is 0.0158 e. The molecule has 0 amide bonds. The summed E-state index contributed by atoms with van der Waals surface area (Å²) in [6.45, 7) is 10.3. The van der Waals surface area contributed by atoms with Crippen molar-refractivity contribution in [2.75, 3.05) is 12.3 Å². The van der Waals surface area contributed by atoms with E-state index in [0.29, 0.717) is 0 Å². The summed E-state index contributed by atoms with van der Waals surface area (Å²) in [5.74, 6) is 1.29. The van der Waals surface area contributed by atoms with E-state index in [4.69, 9.17) is 0 Å². The van der Waals surface area contributed by atoms with Crippen LogP contribution in [-0.4, -0.2) is 23.6 Å². The molecule has 0 rings (SSSR count). The van der Waals surface area contributed by atoms with Crippen LogP contribution in [0, 0.1) is 0 Å². The van der Waals surface area contributed by atoms with Gasteiger partial charge in [-0.15, -0.1) is 0 Å². The summed E-state index contributed by atoms with van der Waals surface area (Å²) in [5, 5.41) is 4.48. The first kappa shape index (κ1) is 19.3. The third-order valence-corrected chi connectivity index (χ3v) is 4.73. The number of hydrogen-bond donors (Lipinski definition) is 1. The van der Waals surface area contributed by atoms with Crippen LogP contribution in [0.1, 0.15) is 85.5 Å². The molecule has 0 aromatic carbocycles. The highest BCUT2D eigenvalue weighted by atomic mass is 32.2. The molecule has 0 aliphatic heterocycles. The van der Waals surface area contributed by atoms with E-state index in [-0.39, 0.29) is 0 Å². The molecule has 0 spiro atoms. The van der Waals surface area contributed by atoms with Crippen LogP contribution in [0.4, 0.5) is 0 Å². The predicted molar refractivity (Wildman–Crippen MR) is 92.3 cm³/mol. The molecule has 0 aromatic heterocycles. The SMILES string of the molecule is CCCCCCCCCC(CSC(C)C)NCCC. The van der Waals surface area contributed by atoms with Crippen molar-refractivity contribution < 1.29 is 0 Å². The first-order valence-electron chi connectivity index (χ1n) is 8.55. The van der Waals surface area contributed by atoms with Crippen LogP contribution in [0.25, 0.3) is 0 Å². The number of unbranched alkanes of at least 4 members (excludes halogenated alkanes) is 6. The van der Waals surface area contributed by atoms with Crippen LogP contribution < -0.4 is 5.32 Å². The normalized spacial score (nSPS) is 13.1. The monoisotopic (exact) mass is 287 g/mol. The van der Waals surface area contributed by atoms with E-state index in [1.54, 1.807) is 0 Å². The minimum Gasteiger partial charge on any atom is -0.313 e. The smallest absolute Gasteiger partial charge is 0.0158 e. The molecule has 1 atom stereocenters. The Labute approximate surface area is 126 Å². The van der Waals surface area contributed by atoms with Gasteiger partial charge in [-0.1, -0.05) is 72.6 Å². The number of nitrogens with one attached hydrogen (secondary N) is 1. The maximum atomic E-state index is 3.72. The van der Waals surface area contributed by atoms with Crippen molar-refractivity contribution in [2.24, 2.45) is 0 Å². The predicted octanol–water partition coefficient (Wildman–Crippen LogP) is 5.64. The summed E-state index contributed by atoms with van der Waals surface area (Å²) in [7, 11) is 0. The van der Waals surface area contributed by atoms with Gasteiger partial charge in [-0.05, 0) is 24.6 Å². The van der Waals surface area contributed by atoms with E-state index < -0.39 is 0 Å². The molecule has 1 nitrogen and oxygen atoms in total. The Morgan fingerprint density at radius 3 is 2.05 bits per heavy atom. The van der Waals surface area contributed by atoms with Crippen LogP contribution >= 0.6 is 11.8 Å². The van der Waals surface area contributed by atoms with Gasteiger partial charge >= 0.3 is 0 Å². The molecular formula is C17H37NS. The quantitative estimate of drug-likeness (QED) is 0.415. The van der Waals surface area contributed by atoms with Crippen molar-refractivity contribution in [3.63, 3.8) is 0 Å². The highest BCUT2D eigenvalue weighted by Gasteiger charge is 2.08. The molecule has 1 unspecified atom stereocenters. The molecule has 0 aromatic rings. The zero-order valence-corrected chi connectivity index (χ0v) is 14.7. The fraction of sp³-hybridized carbons (Fsp3) is 1.00. The summed E-state index contributed by atoms with van der Waals surface area (Å²) in [5.41, 5.74) is 0. The number of hydrogen-bond acceptors (Lipinski definition) is 2. The van der Waals surface area contributed by atoms with E-state index >= 15 is 0 Å². The minimum absolute atomic E-state index is 0.739. The molecule has 0 bridgehead atoms. The first-order chi connectivity index (χ1) is 9.20. The summed E-state index contributed by atoms with van der Waals surface area (Å²) in [6, 6.07) is 0.739. The van der Waals surface area contributed by atoms with Crippen LogP contribution in [-0.2, 0) is 0 Å². The molecule has 0 radical (unpaired) electrons. The average Bonchev–Trinajstić information content (AvgIpc) is 2.39. The molecule has 0 saturated heterocycles. The Morgan fingerprint density at radius 1 is 0.842 bits per heavy atom. The van der Waals surface area contributed by atoms with Crippen LogP contribution in [0.2, 0.25) is 0 Å². The molecule has 0 saturated carbocycles. The van der Waals surface area contributed by atoms with Crippen LogP contribution in [0.5, 0.6) is 0 Å². The van der Waals surface area contributed by atoms with E-state index in [9.17, 15) is 0 Å². The highest BCUT2D eigenvalue weighted by Crippen LogP contribution is 2.15. The second kappa shape index (κ2) is 14.7. The third-order valence-electron chi connectivity index (χ3n) is 3.47. The Kier molecular flexibility index (Phi) is 15.0. The zero-order valence-electron chi connectivity index (χ0n) is 13.8. The van der Waals surface area contributed by atoms with Crippen LogP contribution in [0.15, 0.2) is 0 Å². The molecule has 2 heteroatoms. The van der Waals surface area contributed by atoms with Gasteiger partial charge in [-0.3, -0.25) is 0 Å². The van der Waals surface area contributed by atoms with E-state index in [0.717, 1.165) is 11.3 Å². The second-order valence-corrected chi connectivity index (χ2v) is 7.55. The molecule has 116 valence electrons. The van der Waals surface area contributed by atoms with Gasteiger partial charge in [0, 0.05) is 11.8 Å². The molecule has 19 heavy (non-hydrogen) atoms. The van der Waals surface area contributed by atoms with Gasteiger partial charge in [0.25, 0.3) is 0 Å². The second-order valence-electron chi connectivity index (χ2n) is 5.94. The lowest BCUT2D eigenvalue weighted by molar-refractivity contribution is 0.482. The average molecular weight is 288 g/mol. The molecule has 1 N–H and O–H groups in total. The topological polar surface area (TPSA) is 12.0 Å². The van der Waals surface area contributed by atoms with E-state index in [1.807, 2.05) is 0 Å². The van der Waals surface area contributed by atoms with Gasteiger partial charge in [-0.2, -0.15) is 11.8 Å². The summed E-state index contributed by atoms with van der Waals surface area (Å²) >= 11 is 2.10. The van der Waals surface area contributed by atoms with Crippen molar-refractivity contribution in [3.8, 4) is 0 Å². The fourth-order valence-electron chi connectivity index (χ4n) is 2.25. The molecule has 0 aliphatic carbocycles. The lowest BCUT2D eigenvalue weighted by Crippen LogP contribution is -2.32. The van der Waals surface area contributed by atoms with Gasteiger partial charge in [-0.25, -0.2) is 0 Å².